The van der Waals surface area contributed by atoms with Gasteiger partial charge in [-0.2, -0.15) is 0 Å². The first-order valence-electron chi connectivity index (χ1n) is 7.32. The van der Waals surface area contributed by atoms with Gasteiger partial charge in [-0.05, 0) is 36.8 Å². The van der Waals surface area contributed by atoms with Crippen LogP contribution in [0.25, 0.3) is 0 Å². The van der Waals surface area contributed by atoms with Crippen LogP contribution in [0.5, 0.6) is 17.2 Å². The summed E-state index contributed by atoms with van der Waals surface area (Å²) in [6, 6.07) is 14.0. The first-order valence-corrected chi connectivity index (χ1v) is 7.32. The maximum atomic E-state index is 12.2. The monoisotopic (exact) mass is 300 g/mol. The number of methoxy groups -OCH3 is 1. The van der Waals surface area contributed by atoms with Crippen molar-refractivity contribution in [1.82, 2.24) is 0 Å². The lowest BCUT2D eigenvalue weighted by Crippen LogP contribution is -2.09. The molecule has 0 aliphatic rings. The lowest BCUT2D eigenvalue weighted by molar-refractivity contribution is 0.0729. The van der Waals surface area contributed by atoms with Gasteiger partial charge in [-0.15, -0.1) is 0 Å². The summed E-state index contributed by atoms with van der Waals surface area (Å²) in [4.78, 5) is 12.2. The van der Waals surface area contributed by atoms with Crippen LogP contribution in [0.3, 0.4) is 0 Å². The van der Waals surface area contributed by atoms with Crippen molar-refractivity contribution in [2.75, 3.05) is 13.7 Å². The summed E-state index contributed by atoms with van der Waals surface area (Å²) in [6.07, 6.45) is 2.05. The van der Waals surface area contributed by atoms with Gasteiger partial charge in [0.05, 0.1) is 19.3 Å². The minimum absolute atomic E-state index is 0.396. The van der Waals surface area contributed by atoms with E-state index in [1.807, 2.05) is 12.1 Å². The molecule has 0 heterocycles. The van der Waals surface area contributed by atoms with E-state index in [1.165, 1.54) is 7.11 Å². The zero-order valence-electron chi connectivity index (χ0n) is 12.9. The molecule has 0 aromatic heterocycles. The zero-order chi connectivity index (χ0) is 15.8. The van der Waals surface area contributed by atoms with E-state index in [1.54, 1.807) is 36.4 Å². The zero-order valence-corrected chi connectivity index (χ0v) is 12.9. The summed E-state index contributed by atoms with van der Waals surface area (Å²) >= 11 is 0. The van der Waals surface area contributed by atoms with E-state index in [4.69, 9.17) is 14.2 Å². The summed E-state index contributed by atoms with van der Waals surface area (Å²) in [6.45, 7) is 2.74. The number of carbonyl (C=O) groups is 1. The Morgan fingerprint density at radius 3 is 2.55 bits per heavy atom. The van der Waals surface area contributed by atoms with E-state index in [9.17, 15) is 4.79 Å². The molecular weight excluding hydrogens is 280 g/mol. The maximum Gasteiger partial charge on any atom is 0.343 e. The fourth-order valence-electron chi connectivity index (χ4n) is 1.91. The second-order valence-electron chi connectivity index (χ2n) is 4.77. The van der Waals surface area contributed by atoms with Gasteiger partial charge >= 0.3 is 5.97 Å². The smallest absolute Gasteiger partial charge is 0.343 e. The lowest BCUT2D eigenvalue weighted by atomic mass is 10.2. The molecular formula is C18H20O4. The van der Waals surface area contributed by atoms with Gasteiger partial charge in [-0.1, -0.05) is 31.5 Å². The fourth-order valence-corrected chi connectivity index (χ4v) is 1.91. The molecule has 0 bridgehead atoms. The van der Waals surface area contributed by atoms with Gasteiger partial charge in [0.2, 0.25) is 0 Å². The number of carbonyl (C=O) groups excluding carboxylic acids is 1. The summed E-state index contributed by atoms with van der Waals surface area (Å²) in [7, 11) is 1.54. The summed E-state index contributed by atoms with van der Waals surface area (Å²) in [5, 5.41) is 0. The average molecular weight is 300 g/mol. The Labute approximate surface area is 130 Å². The molecule has 0 saturated carbocycles. The van der Waals surface area contributed by atoms with Crippen LogP contribution < -0.4 is 14.2 Å². The molecule has 0 N–H and O–H groups in total. The van der Waals surface area contributed by atoms with Crippen molar-refractivity contribution in [3.05, 3.63) is 54.1 Å². The van der Waals surface area contributed by atoms with Crippen molar-refractivity contribution in [3.8, 4) is 17.2 Å². The lowest BCUT2D eigenvalue weighted by Gasteiger charge is -2.10. The number of unbranched alkanes of at least 4 members (excludes halogenated alkanes) is 1. The number of hydrogen-bond acceptors (Lipinski definition) is 4. The summed E-state index contributed by atoms with van der Waals surface area (Å²) in [5.74, 6) is 1.15. The van der Waals surface area contributed by atoms with E-state index in [0.717, 1.165) is 12.8 Å². The highest BCUT2D eigenvalue weighted by Crippen LogP contribution is 2.27. The highest BCUT2D eigenvalue weighted by atomic mass is 16.6. The molecule has 116 valence electrons. The van der Waals surface area contributed by atoms with E-state index in [-0.39, 0.29) is 0 Å². The molecule has 22 heavy (non-hydrogen) atoms. The van der Waals surface area contributed by atoms with Gasteiger partial charge in [0, 0.05) is 0 Å². The molecule has 4 heteroatoms. The standard InChI is InChI=1S/C18H20O4/c1-3-4-12-21-15-9-7-8-14(13-15)18(19)22-17-11-6-5-10-16(17)20-2/h5-11,13H,3-4,12H2,1-2H3. The Bertz CT molecular complexity index is 622. The molecule has 0 unspecified atom stereocenters. The van der Waals surface area contributed by atoms with Gasteiger partial charge in [-0.3, -0.25) is 0 Å². The van der Waals surface area contributed by atoms with Crippen LogP contribution in [0, 0.1) is 0 Å². The van der Waals surface area contributed by atoms with Crippen molar-refractivity contribution >= 4 is 5.97 Å². The van der Waals surface area contributed by atoms with E-state index in [2.05, 4.69) is 6.92 Å². The molecule has 0 aliphatic heterocycles. The maximum absolute atomic E-state index is 12.2. The van der Waals surface area contributed by atoms with Crippen LogP contribution >= 0.6 is 0 Å². The number of ether oxygens (including phenoxy) is 3. The Morgan fingerprint density at radius 2 is 1.82 bits per heavy atom. The van der Waals surface area contributed by atoms with E-state index < -0.39 is 5.97 Å². The topological polar surface area (TPSA) is 44.8 Å². The first kappa shape index (κ1) is 15.9. The highest BCUT2D eigenvalue weighted by molar-refractivity contribution is 5.91. The van der Waals surface area contributed by atoms with Gasteiger partial charge in [0.15, 0.2) is 11.5 Å². The van der Waals surface area contributed by atoms with Crippen LogP contribution in [0.1, 0.15) is 30.1 Å². The molecule has 2 aromatic rings. The van der Waals surface area contributed by atoms with Crippen LogP contribution in [-0.4, -0.2) is 19.7 Å². The van der Waals surface area contributed by atoms with E-state index in [0.29, 0.717) is 29.4 Å². The van der Waals surface area contributed by atoms with Crippen LogP contribution in [0.2, 0.25) is 0 Å². The minimum Gasteiger partial charge on any atom is -0.494 e. The molecule has 0 spiro atoms. The van der Waals surface area contributed by atoms with Gasteiger partial charge < -0.3 is 14.2 Å². The SMILES string of the molecule is CCCCOc1cccc(C(=O)Oc2ccccc2OC)c1. The molecule has 2 aromatic carbocycles. The average Bonchev–Trinajstić information content (AvgIpc) is 2.56. The molecule has 0 radical (unpaired) electrons. The van der Waals surface area contributed by atoms with Crippen molar-refractivity contribution in [3.63, 3.8) is 0 Å². The largest absolute Gasteiger partial charge is 0.494 e. The molecule has 0 fully saturated rings. The Morgan fingerprint density at radius 1 is 1.05 bits per heavy atom. The number of esters is 1. The summed E-state index contributed by atoms with van der Waals surface area (Å²) < 4.78 is 16.2. The second-order valence-corrected chi connectivity index (χ2v) is 4.77. The predicted octanol–water partition coefficient (Wildman–Crippen LogP) is 4.09. The van der Waals surface area contributed by atoms with Crippen LogP contribution in [-0.2, 0) is 0 Å². The summed E-state index contributed by atoms with van der Waals surface area (Å²) in [5.41, 5.74) is 0.444. The Kier molecular flexibility index (Phi) is 5.83. The Balaban J connectivity index is 2.07. The quantitative estimate of drug-likeness (QED) is 0.439. The van der Waals surface area contributed by atoms with Gasteiger partial charge in [0.1, 0.15) is 5.75 Å². The van der Waals surface area contributed by atoms with Gasteiger partial charge in [-0.25, -0.2) is 4.79 Å². The normalized spacial score (nSPS) is 10.1. The molecule has 4 nitrogen and oxygen atoms in total. The Hall–Kier alpha value is -2.49. The van der Waals surface area contributed by atoms with Gasteiger partial charge in [0.25, 0.3) is 0 Å². The molecule has 0 atom stereocenters. The van der Waals surface area contributed by atoms with Crippen molar-refractivity contribution in [2.24, 2.45) is 0 Å². The predicted molar refractivity (Wildman–Crippen MR) is 84.8 cm³/mol. The number of benzene rings is 2. The molecule has 0 saturated heterocycles. The molecule has 2 rings (SSSR count). The number of hydrogen-bond donors (Lipinski definition) is 0. The third-order valence-electron chi connectivity index (χ3n) is 3.11. The second kappa shape index (κ2) is 8.08. The first-order chi connectivity index (χ1) is 10.7. The van der Waals surface area contributed by atoms with Crippen molar-refractivity contribution in [1.29, 1.82) is 0 Å². The van der Waals surface area contributed by atoms with Crippen molar-refractivity contribution in [2.45, 2.75) is 19.8 Å². The minimum atomic E-state index is -0.439. The fraction of sp³-hybridized carbons (Fsp3) is 0.278. The van der Waals surface area contributed by atoms with E-state index >= 15 is 0 Å². The molecule has 0 aliphatic carbocycles. The number of para-hydroxylation sites is 2. The van der Waals surface area contributed by atoms with Crippen molar-refractivity contribution < 1.29 is 19.0 Å². The third-order valence-corrected chi connectivity index (χ3v) is 3.11. The third kappa shape index (κ3) is 4.25. The molecule has 0 amide bonds. The highest BCUT2D eigenvalue weighted by Gasteiger charge is 2.12. The van der Waals surface area contributed by atoms with Crippen LogP contribution in [0.4, 0.5) is 0 Å². The number of rotatable bonds is 7. The van der Waals surface area contributed by atoms with Crippen LogP contribution in [0.15, 0.2) is 48.5 Å².